The minimum atomic E-state index is -3.62. The van der Waals surface area contributed by atoms with Crippen LogP contribution in [0.15, 0.2) is 29.4 Å². The largest absolute Gasteiger partial charge is 0.281 e. The van der Waals surface area contributed by atoms with Crippen molar-refractivity contribution >= 4 is 15.8 Å². The quantitative estimate of drug-likeness (QED) is 0.859. The molecule has 2 heterocycles. The van der Waals surface area contributed by atoms with Crippen molar-refractivity contribution in [3.63, 3.8) is 0 Å². The SMILES string of the molecule is Cc1ccc(NS(=O)(=O)c2cn[nH]c2C)nc1. The summed E-state index contributed by atoms with van der Waals surface area (Å²) < 4.78 is 26.3. The molecular formula is C10H12N4O2S. The van der Waals surface area contributed by atoms with Crippen LogP contribution in [0.4, 0.5) is 5.82 Å². The van der Waals surface area contributed by atoms with E-state index in [2.05, 4.69) is 19.9 Å². The number of nitrogens with one attached hydrogen (secondary N) is 2. The number of sulfonamides is 1. The normalized spacial score (nSPS) is 11.4. The summed E-state index contributed by atoms with van der Waals surface area (Å²) in [6, 6.07) is 3.40. The number of rotatable bonds is 3. The van der Waals surface area contributed by atoms with Crippen molar-refractivity contribution < 1.29 is 8.42 Å². The summed E-state index contributed by atoms with van der Waals surface area (Å²) in [4.78, 5) is 4.11. The Morgan fingerprint density at radius 1 is 1.24 bits per heavy atom. The van der Waals surface area contributed by atoms with Gasteiger partial charge in [-0.3, -0.25) is 9.82 Å². The molecule has 90 valence electrons. The average molecular weight is 252 g/mol. The Morgan fingerprint density at radius 2 is 2.00 bits per heavy atom. The molecule has 6 nitrogen and oxygen atoms in total. The van der Waals surface area contributed by atoms with Gasteiger partial charge in [0.2, 0.25) is 0 Å². The lowest BCUT2D eigenvalue weighted by atomic mass is 10.3. The fourth-order valence-corrected chi connectivity index (χ4v) is 2.48. The molecule has 0 aliphatic heterocycles. The monoisotopic (exact) mass is 252 g/mol. The number of H-pyrrole nitrogens is 1. The van der Waals surface area contributed by atoms with Crippen LogP contribution < -0.4 is 4.72 Å². The van der Waals surface area contributed by atoms with Gasteiger partial charge in [0, 0.05) is 6.20 Å². The zero-order valence-corrected chi connectivity index (χ0v) is 10.2. The maximum absolute atomic E-state index is 12.0. The van der Waals surface area contributed by atoms with E-state index in [0.717, 1.165) is 5.56 Å². The van der Waals surface area contributed by atoms with Crippen LogP contribution in [0.5, 0.6) is 0 Å². The fourth-order valence-electron chi connectivity index (χ4n) is 1.33. The Morgan fingerprint density at radius 3 is 2.53 bits per heavy atom. The molecule has 0 saturated heterocycles. The van der Waals surface area contributed by atoms with E-state index in [1.807, 2.05) is 6.92 Å². The lowest BCUT2D eigenvalue weighted by Gasteiger charge is -2.06. The van der Waals surface area contributed by atoms with E-state index < -0.39 is 10.0 Å². The third-order valence-corrected chi connectivity index (χ3v) is 3.69. The van der Waals surface area contributed by atoms with Gasteiger partial charge in [-0.25, -0.2) is 13.4 Å². The second kappa shape index (κ2) is 4.17. The number of aromatic amines is 1. The van der Waals surface area contributed by atoms with Crippen molar-refractivity contribution in [2.75, 3.05) is 4.72 Å². The van der Waals surface area contributed by atoms with Gasteiger partial charge in [-0.2, -0.15) is 5.10 Å². The van der Waals surface area contributed by atoms with E-state index >= 15 is 0 Å². The molecular weight excluding hydrogens is 240 g/mol. The van der Waals surface area contributed by atoms with E-state index in [1.165, 1.54) is 6.20 Å². The minimum Gasteiger partial charge on any atom is -0.281 e. The molecule has 0 spiro atoms. The molecule has 0 fully saturated rings. The lowest BCUT2D eigenvalue weighted by Crippen LogP contribution is -2.14. The van der Waals surface area contributed by atoms with Gasteiger partial charge in [0.1, 0.15) is 10.7 Å². The third kappa shape index (κ3) is 2.44. The van der Waals surface area contributed by atoms with Gasteiger partial charge in [0.15, 0.2) is 0 Å². The Labute approximate surface area is 99.1 Å². The standard InChI is InChI=1S/C10H12N4O2S/c1-7-3-4-10(11-5-7)14-17(15,16)9-6-12-13-8(9)2/h3-6H,1-2H3,(H,11,14)(H,12,13). The zero-order chi connectivity index (χ0) is 12.5. The summed E-state index contributed by atoms with van der Waals surface area (Å²) in [5.41, 5.74) is 1.46. The number of hydrogen-bond acceptors (Lipinski definition) is 4. The molecule has 7 heteroatoms. The maximum atomic E-state index is 12.0. The topological polar surface area (TPSA) is 87.7 Å². The summed E-state index contributed by atoms with van der Waals surface area (Å²) in [5.74, 6) is 0.288. The van der Waals surface area contributed by atoms with E-state index in [0.29, 0.717) is 5.69 Å². The van der Waals surface area contributed by atoms with E-state index in [-0.39, 0.29) is 10.7 Å². The van der Waals surface area contributed by atoms with Crippen LogP contribution >= 0.6 is 0 Å². The molecule has 17 heavy (non-hydrogen) atoms. The predicted octanol–water partition coefficient (Wildman–Crippen LogP) is 1.22. The van der Waals surface area contributed by atoms with Gasteiger partial charge in [0.05, 0.1) is 11.9 Å². The van der Waals surface area contributed by atoms with Crippen LogP contribution in [-0.2, 0) is 10.0 Å². The molecule has 0 aromatic carbocycles. The Kier molecular flexibility index (Phi) is 2.84. The van der Waals surface area contributed by atoms with Crippen molar-refractivity contribution in [1.82, 2.24) is 15.2 Å². The van der Waals surface area contributed by atoms with Gasteiger partial charge in [0.25, 0.3) is 10.0 Å². The first kappa shape index (κ1) is 11.6. The number of nitrogens with zero attached hydrogens (tertiary/aromatic N) is 2. The molecule has 0 aliphatic carbocycles. The van der Waals surface area contributed by atoms with Crippen LogP contribution in [0.25, 0.3) is 0 Å². The van der Waals surface area contributed by atoms with Gasteiger partial charge in [-0.05, 0) is 25.5 Å². The minimum absolute atomic E-state index is 0.125. The highest BCUT2D eigenvalue weighted by Gasteiger charge is 2.18. The van der Waals surface area contributed by atoms with Gasteiger partial charge in [-0.15, -0.1) is 0 Å². The molecule has 0 aliphatic rings. The third-order valence-electron chi connectivity index (χ3n) is 2.22. The number of anilines is 1. The summed E-state index contributed by atoms with van der Waals surface area (Å²) >= 11 is 0. The average Bonchev–Trinajstić information content (AvgIpc) is 2.68. The Balaban J connectivity index is 2.30. The maximum Gasteiger partial charge on any atom is 0.266 e. The summed E-state index contributed by atoms with van der Waals surface area (Å²) in [6.45, 7) is 3.52. The molecule has 0 atom stereocenters. The molecule has 0 saturated carbocycles. The van der Waals surface area contributed by atoms with Crippen LogP contribution in [0.1, 0.15) is 11.3 Å². The first-order valence-electron chi connectivity index (χ1n) is 4.94. The van der Waals surface area contributed by atoms with Crippen LogP contribution in [0.3, 0.4) is 0 Å². The van der Waals surface area contributed by atoms with Gasteiger partial charge >= 0.3 is 0 Å². The fraction of sp³-hybridized carbons (Fsp3) is 0.200. The van der Waals surface area contributed by atoms with Crippen molar-refractivity contribution in [3.8, 4) is 0 Å². The van der Waals surface area contributed by atoms with Crippen LogP contribution in [-0.4, -0.2) is 23.6 Å². The molecule has 2 aromatic rings. The number of aromatic nitrogens is 3. The highest BCUT2D eigenvalue weighted by molar-refractivity contribution is 7.92. The van der Waals surface area contributed by atoms with E-state index in [4.69, 9.17) is 0 Å². The van der Waals surface area contributed by atoms with E-state index in [1.54, 1.807) is 25.3 Å². The molecule has 2 aromatic heterocycles. The Bertz CT molecular complexity index is 616. The van der Waals surface area contributed by atoms with Crippen molar-refractivity contribution in [1.29, 1.82) is 0 Å². The molecule has 0 bridgehead atoms. The smallest absolute Gasteiger partial charge is 0.266 e. The number of hydrogen-bond donors (Lipinski definition) is 2. The highest BCUT2D eigenvalue weighted by atomic mass is 32.2. The van der Waals surface area contributed by atoms with Crippen molar-refractivity contribution in [3.05, 3.63) is 35.8 Å². The molecule has 2 rings (SSSR count). The second-order valence-electron chi connectivity index (χ2n) is 3.69. The first-order valence-corrected chi connectivity index (χ1v) is 6.43. The first-order chi connectivity index (χ1) is 7.99. The predicted molar refractivity (Wildman–Crippen MR) is 63.1 cm³/mol. The van der Waals surface area contributed by atoms with Crippen LogP contribution in [0.2, 0.25) is 0 Å². The van der Waals surface area contributed by atoms with E-state index in [9.17, 15) is 8.42 Å². The summed E-state index contributed by atoms with van der Waals surface area (Å²) in [5, 5.41) is 6.26. The molecule has 0 amide bonds. The van der Waals surface area contributed by atoms with Gasteiger partial charge < -0.3 is 0 Å². The number of pyridine rings is 1. The van der Waals surface area contributed by atoms with Crippen molar-refractivity contribution in [2.45, 2.75) is 18.7 Å². The summed E-state index contributed by atoms with van der Waals surface area (Å²) in [6.07, 6.45) is 2.87. The Hall–Kier alpha value is -1.89. The molecule has 0 radical (unpaired) electrons. The van der Waals surface area contributed by atoms with Crippen LogP contribution in [0, 0.1) is 13.8 Å². The lowest BCUT2D eigenvalue weighted by molar-refractivity contribution is 0.600. The highest BCUT2D eigenvalue weighted by Crippen LogP contribution is 2.15. The summed E-state index contributed by atoms with van der Waals surface area (Å²) in [7, 11) is -3.62. The van der Waals surface area contributed by atoms with Gasteiger partial charge in [-0.1, -0.05) is 6.07 Å². The molecule has 2 N–H and O–H groups in total. The second-order valence-corrected chi connectivity index (χ2v) is 5.34. The van der Waals surface area contributed by atoms with Crippen molar-refractivity contribution in [2.24, 2.45) is 0 Å². The zero-order valence-electron chi connectivity index (χ0n) is 9.43. The number of aryl methyl sites for hydroxylation is 2. The molecule has 0 unspecified atom stereocenters.